The standard InChI is InChI=1S/C24H21FN2O2/c25-19-4-1-3-17(15-19)5-6-18-7-8-20-21(16-18)26-22-9-11-24(10-2-14-29-24)12-13-27(22)23(20)28/h1,3-4,7-8,15-16H,2,9-14H2. The maximum atomic E-state index is 13.3. The van der Waals surface area contributed by atoms with Crippen molar-refractivity contribution in [1.29, 1.82) is 0 Å². The lowest BCUT2D eigenvalue weighted by Gasteiger charge is -2.25. The van der Waals surface area contributed by atoms with Crippen LogP contribution >= 0.6 is 0 Å². The van der Waals surface area contributed by atoms with Crippen molar-refractivity contribution in [2.24, 2.45) is 0 Å². The molecule has 29 heavy (non-hydrogen) atoms. The van der Waals surface area contributed by atoms with Crippen LogP contribution in [-0.4, -0.2) is 21.8 Å². The third-order valence-electron chi connectivity index (χ3n) is 5.99. The third kappa shape index (κ3) is 3.45. The van der Waals surface area contributed by atoms with Crippen molar-refractivity contribution in [3.05, 3.63) is 75.6 Å². The minimum absolute atomic E-state index is 0.00434. The van der Waals surface area contributed by atoms with Gasteiger partial charge in [-0.25, -0.2) is 9.37 Å². The van der Waals surface area contributed by atoms with Crippen LogP contribution in [0.2, 0.25) is 0 Å². The second-order valence-electron chi connectivity index (χ2n) is 7.86. The van der Waals surface area contributed by atoms with Gasteiger partial charge in [-0.15, -0.1) is 0 Å². The molecule has 0 amide bonds. The molecule has 5 rings (SSSR count). The van der Waals surface area contributed by atoms with Crippen molar-refractivity contribution in [3.8, 4) is 11.8 Å². The van der Waals surface area contributed by atoms with Gasteiger partial charge in [0.15, 0.2) is 0 Å². The van der Waals surface area contributed by atoms with E-state index in [1.807, 2.05) is 16.7 Å². The molecular formula is C24H21FN2O2. The van der Waals surface area contributed by atoms with Crippen LogP contribution < -0.4 is 5.56 Å². The highest BCUT2D eigenvalue weighted by Gasteiger charge is 2.37. The second kappa shape index (κ2) is 7.13. The molecule has 0 bridgehead atoms. The van der Waals surface area contributed by atoms with Crippen LogP contribution in [0.15, 0.2) is 47.3 Å². The van der Waals surface area contributed by atoms with E-state index in [1.165, 1.54) is 12.1 Å². The Morgan fingerprint density at radius 3 is 2.72 bits per heavy atom. The van der Waals surface area contributed by atoms with E-state index in [1.54, 1.807) is 18.2 Å². The fourth-order valence-electron chi connectivity index (χ4n) is 4.41. The zero-order valence-electron chi connectivity index (χ0n) is 16.1. The Labute approximate surface area is 168 Å². The molecule has 1 unspecified atom stereocenters. The topological polar surface area (TPSA) is 44.1 Å². The first kappa shape index (κ1) is 18.1. The zero-order valence-corrected chi connectivity index (χ0v) is 16.1. The Bertz CT molecular complexity index is 1210. The summed E-state index contributed by atoms with van der Waals surface area (Å²) in [6.45, 7) is 1.46. The lowest BCUT2D eigenvalue weighted by molar-refractivity contribution is -0.00907. The molecular weight excluding hydrogens is 367 g/mol. The zero-order chi connectivity index (χ0) is 19.8. The fourth-order valence-corrected chi connectivity index (χ4v) is 4.41. The maximum Gasteiger partial charge on any atom is 0.261 e. The van der Waals surface area contributed by atoms with Crippen LogP contribution in [0.3, 0.4) is 0 Å². The van der Waals surface area contributed by atoms with E-state index in [-0.39, 0.29) is 17.0 Å². The van der Waals surface area contributed by atoms with Gasteiger partial charge in [0.25, 0.3) is 5.56 Å². The first-order chi connectivity index (χ1) is 14.1. The number of nitrogens with zero attached hydrogens (tertiary/aromatic N) is 2. The molecule has 0 aliphatic carbocycles. The Balaban J connectivity index is 1.51. The van der Waals surface area contributed by atoms with Gasteiger partial charge in [-0.1, -0.05) is 17.9 Å². The van der Waals surface area contributed by atoms with E-state index in [9.17, 15) is 9.18 Å². The number of hydrogen-bond acceptors (Lipinski definition) is 3. The molecule has 0 radical (unpaired) electrons. The van der Waals surface area contributed by atoms with Crippen molar-refractivity contribution in [3.63, 3.8) is 0 Å². The molecule has 1 fully saturated rings. The second-order valence-corrected chi connectivity index (χ2v) is 7.86. The highest BCUT2D eigenvalue weighted by atomic mass is 19.1. The minimum Gasteiger partial charge on any atom is -0.375 e. The summed E-state index contributed by atoms with van der Waals surface area (Å²) in [5, 5.41) is 0.605. The van der Waals surface area contributed by atoms with E-state index >= 15 is 0 Å². The van der Waals surface area contributed by atoms with Gasteiger partial charge in [0, 0.05) is 30.7 Å². The molecule has 2 aliphatic heterocycles. The molecule has 3 aromatic rings. The summed E-state index contributed by atoms with van der Waals surface area (Å²) in [5.41, 5.74) is 1.94. The fraction of sp³-hybridized carbons (Fsp3) is 0.333. The van der Waals surface area contributed by atoms with Crippen LogP contribution in [0.1, 0.15) is 42.6 Å². The van der Waals surface area contributed by atoms with Crippen molar-refractivity contribution < 1.29 is 9.13 Å². The van der Waals surface area contributed by atoms with Gasteiger partial charge in [-0.2, -0.15) is 0 Å². The average Bonchev–Trinajstić information content (AvgIpc) is 3.11. The first-order valence-electron chi connectivity index (χ1n) is 10.1. The monoisotopic (exact) mass is 388 g/mol. The summed E-state index contributed by atoms with van der Waals surface area (Å²) in [6.07, 6.45) is 4.67. The number of benzene rings is 2. The van der Waals surface area contributed by atoms with Gasteiger partial charge in [-0.3, -0.25) is 9.36 Å². The molecule has 4 nitrogen and oxygen atoms in total. The lowest BCUT2D eigenvalue weighted by Crippen LogP contribution is -2.29. The largest absolute Gasteiger partial charge is 0.375 e. The molecule has 1 saturated heterocycles. The number of aromatic nitrogens is 2. The molecule has 1 spiro atoms. The van der Waals surface area contributed by atoms with Crippen molar-refractivity contribution in [1.82, 2.24) is 9.55 Å². The molecule has 1 aromatic heterocycles. The highest BCUT2D eigenvalue weighted by Crippen LogP contribution is 2.35. The predicted molar refractivity (Wildman–Crippen MR) is 109 cm³/mol. The van der Waals surface area contributed by atoms with Gasteiger partial charge >= 0.3 is 0 Å². The SMILES string of the molecule is O=c1c2ccc(C#Cc3cccc(F)c3)cc2nc2n1CCC1(CCCO1)CC2. The quantitative estimate of drug-likeness (QED) is 0.550. The average molecular weight is 388 g/mol. The van der Waals surface area contributed by atoms with Crippen LogP contribution in [-0.2, 0) is 17.7 Å². The Morgan fingerprint density at radius 2 is 1.93 bits per heavy atom. The Morgan fingerprint density at radius 1 is 1.07 bits per heavy atom. The predicted octanol–water partition coefficient (Wildman–Crippen LogP) is 3.82. The summed E-state index contributed by atoms with van der Waals surface area (Å²) >= 11 is 0. The normalized spacial score (nSPS) is 20.9. The van der Waals surface area contributed by atoms with Gasteiger partial charge < -0.3 is 4.74 Å². The molecule has 2 aliphatic rings. The van der Waals surface area contributed by atoms with Gasteiger partial charge in [0.2, 0.25) is 0 Å². The molecule has 1 atom stereocenters. The Hall–Kier alpha value is -2.97. The van der Waals surface area contributed by atoms with Gasteiger partial charge in [0.05, 0.1) is 16.5 Å². The van der Waals surface area contributed by atoms with E-state index in [0.717, 1.165) is 50.1 Å². The van der Waals surface area contributed by atoms with Crippen LogP contribution in [0.4, 0.5) is 4.39 Å². The molecule has 5 heteroatoms. The summed E-state index contributed by atoms with van der Waals surface area (Å²) in [5.74, 6) is 6.53. The maximum absolute atomic E-state index is 13.3. The summed E-state index contributed by atoms with van der Waals surface area (Å²) in [6, 6.07) is 11.7. The number of ether oxygens (including phenoxy) is 1. The van der Waals surface area contributed by atoms with E-state index in [2.05, 4.69) is 11.8 Å². The van der Waals surface area contributed by atoms with Crippen molar-refractivity contribution >= 4 is 10.9 Å². The van der Waals surface area contributed by atoms with Crippen LogP contribution in [0.25, 0.3) is 10.9 Å². The van der Waals surface area contributed by atoms with Gasteiger partial charge in [0.1, 0.15) is 11.6 Å². The van der Waals surface area contributed by atoms with E-state index < -0.39 is 0 Å². The summed E-state index contributed by atoms with van der Waals surface area (Å²) in [4.78, 5) is 17.9. The molecule has 2 aromatic carbocycles. The van der Waals surface area contributed by atoms with Gasteiger partial charge in [-0.05, 0) is 62.1 Å². The lowest BCUT2D eigenvalue weighted by atomic mass is 9.91. The first-order valence-corrected chi connectivity index (χ1v) is 10.1. The number of rotatable bonds is 0. The summed E-state index contributed by atoms with van der Waals surface area (Å²) < 4.78 is 21.2. The smallest absolute Gasteiger partial charge is 0.261 e. The highest BCUT2D eigenvalue weighted by molar-refractivity contribution is 5.79. The van der Waals surface area contributed by atoms with E-state index in [4.69, 9.17) is 9.72 Å². The molecule has 146 valence electrons. The Kier molecular flexibility index (Phi) is 4.44. The number of aryl methyl sites for hydroxylation is 1. The molecule has 0 saturated carbocycles. The molecule has 3 heterocycles. The van der Waals surface area contributed by atoms with Crippen molar-refractivity contribution in [2.75, 3.05) is 6.61 Å². The number of hydrogen-bond donors (Lipinski definition) is 0. The van der Waals surface area contributed by atoms with E-state index in [0.29, 0.717) is 23.0 Å². The minimum atomic E-state index is -0.309. The van der Waals surface area contributed by atoms with Crippen LogP contribution in [0.5, 0.6) is 0 Å². The van der Waals surface area contributed by atoms with Crippen LogP contribution in [0, 0.1) is 17.7 Å². The number of halogens is 1. The van der Waals surface area contributed by atoms with Crippen molar-refractivity contribution in [2.45, 2.75) is 44.2 Å². The summed E-state index contributed by atoms with van der Waals surface area (Å²) in [7, 11) is 0. The number of fused-ring (bicyclic) bond motifs is 2. The molecule has 0 N–H and O–H groups in total. The third-order valence-corrected chi connectivity index (χ3v) is 5.99.